The molecule has 0 aromatic heterocycles. The lowest BCUT2D eigenvalue weighted by molar-refractivity contribution is -0.133. The largest absolute Gasteiger partial charge is 0.464 e. The number of methoxy groups -OCH3 is 1. The zero-order valence-corrected chi connectivity index (χ0v) is 6.38. The summed E-state index contributed by atoms with van der Waals surface area (Å²) in [5, 5.41) is 3.46. The summed E-state index contributed by atoms with van der Waals surface area (Å²) in [4.78, 5) is 15.1. The van der Waals surface area contributed by atoms with Crippen LogP contribution in [0.1, 0.15) is 13.3 Å². The Morgan fingerprint density at radius 3 is 2.40 bits per heavy atom. The third-order valence-corrected chi connectivity index (χ3v) is 0.957. The normalized spacial score (nSPS) is 10.9. The highest BCUT2D eigenvalue weighted by molar-refractivity contribution is 6.36. The van der Waals surface area contributed by atoms with E-state index in [1.807, 2.05) is 0 Å². The van der Waals surface area contributed by atoms with Crippen LogP contribution in [-0.2, 0) is 14.4 Å². The predicted molar refractivity (Wildman–Crippen MR) is 36.8 cm³/mol. The van der Waals surface area contributed by atoms with Crippen LogP contribution < -0.4 is 0 Å². The number of oxime groups is 1. The Morgan fingerprint density at radius 1 is 1.50 bits per heavy atom. The fourth-order valence-electron chi connectivity index (χ4n) is 0.474. The SMILES string of the molecule is CCC(=NOC)C(=O)OC. The first-order valence-corrected chi connectivity index (χ1v) is 2.94. The van der Waals surface area contributed by atoms with Crippen LogP contribution in [0.3, 0.4) is 0 Å². The fourth-order valence-corrected chi connectivity index (χ4v) is 0.474. The van der Waals surface area contributed by atoms with Crippen molar-refractivity contribution in [3.05, 3.63) is 0 Å². The molecule has 4 nitrogen and oxygen atoms in total. The summed E-state index contributed by atoms with van der Waals surface area (Å²) in [7, 11) is 2.70. The Bertz CT molecular complexity index is 142. The molecule has 0 aliphatic rings. The van der Waals surface area contributed by atoms with E-state index in [0.717, 1.165) is 0 Å². The maximum absolute atomic E-state index is 10.7. The third kappa shape index (κ3) is 2.48. The second kappa shape index (κ2) is 4.78. The molecule has 0 aromatic rings. The Kier molecular flexibility index (Phi) is 4.28. The van der Waals surface area contributed by atoms with E-state index < -0.39 is 5.97 Å². The van der Waals surface area contributed by atoms with Gasteiger partial charge in [-0.2, -0.15) is 0 Å². The van der Waals surface area contributed by atoms with Gasteiger partial charge in [0.05, 0.1) is 7.11 Å². The average molecular weight is 145 g/mol. The molecule has 0 N–H and O–H groups in total. The lowest BCUT2D eigenvalue weighted by Gasteiger charge is -1.97. The minimum Gasteiger partial charge on any atom is -0.464 e. The summed E-state index contributed by atoms with van der Waals surface area (Å²) in [5.74, 6) is -0.440. The van der Waals surface area contributed by atoms with Crippen molar-refractivity contribution < 1.29 is 14.4 Å². The van der Waals surface area contributed by atoms with Gasteiger partial charge in [-0.3, -0.25) is 0 Å². The van der Waals surface area contributed by atoms with Gasteiger partial charge < -0.3 is 9.57 Å². The average Bonchev–Trinajstić information content (AvgIpc) is 1.99. The number of nitrogens with zero attached hydrogens (tertiary/aromatic N) is 1. The molecule has 0 atom stereocenters. The molecule has 0 radical (unpaired) electrons. The van der Waals surface area contributed by atoms with Gasteiger partial charge >= 0.3 is 5.97 Å². The van der Waals surface area contributed by atoms with Gasteiger partial charge in [-0.25, -0.2) is 4.79 Å². The highest BCUT2D eigenvalue weighted by Gasteiger charge is 2.08. The lowest BCUT2D eigenvalue weighted by atomic mass is 10.3. The fraction of sp³-hybridized carbons (Fsp3) is 0.667. The predicted octanol–water partition coefficient (Wildman–Crippen LogP) is 0.572. The molecule has 0 aliphatic carbocycles. The van der Waals surface area contributed by atoms with E-state index in [2.05, 4.69) is 14.7 Å². The van der Waals surface area contributed by atoms with E-state index in [4.69, 9.17) is 0 Å². The standard InChI is InChI=1S/C6H11NO3/c1-4-5(7-10-3)6(8)9-2/h4H2,1-3H3. The molecule has 0 aliphatic heterocycles. The summed E-state index contributed by atoms with van der Waals surface area (Å²) in [6.07, 6.45) is 0.514. The highest BCUT2D eigenvalue weighted by atomic mass is 16.6. The van der Waals surface area contributed by atoms with Crippen molar-refractivity contribution >= 4 is 11.7 Å². The van der Waals surface area contributed by atoms with Crippen molar-refractivity contribution in [3.63, 3.8) is 0 Å². The summed E-state index contributed by atoms with van der Waals surface area (Å²) < 4.78 is 4.41. The molecule has 0 heterocycles. The van der Waals surface area contributed by atoms with Gasteiger partial charge in [0, 0.05) is 0 Å². The van der Waals surface area contributed by atoms with Gasteiger partial charge in [0.15, 0.2) is 5.71 Å². The Labute approximate surface area is 59.8 Å². The number of esters is 1. The van der Waals surface area contributed by atoms with Gasteiger partial charge in [0.25, 0.3) is 0 Å². The number of ether oxygens (including phenoxy) is 1. The van der Waals surface area contributed by atoms with Crippen LogP contribution in [0.15, 0.2) is 5.16 Å². The number of carbonyl (C=O) groups is 1. The van der Waals surface area contributed by atoms with Crippen molar-refractivity contribution in [2.45, 2.75) is 13.3 Å². The van der Waals surface area contributed by atoms with E-state index in [-0.39, 0.29) is 0 Å². The van der Waals surface area contributed by atoms with Gasteiger partial charge in [-0.15, -0.1) is 0 Å². The van der Waals surface area contributed by atoms with E-state index in [0.29, 0.717) is 12.1 Å². The highest BCUT2D eigenvalue weighted by Crippen LogP contribution is 1.89. The van der Waals surface area contributed by atoms with E-state index >= 15 is 0 Å². The maximum atomic E-state index is 10.7. The zero-order chi connectivity index (χ0) is 7.98. The van der Waals surface area contributed by atoms with Crippen molar-refractivity contribution in [2.75, 3.05) is 14.2 Å². The molecule has 58 valence electrons. The van der Waals surface area contributed by atoms with Crippen LogP contribution in [0.25, 0.3) is 0 Å². The molecule has 0 fully saturated rings. The summed E-state index contributed by atoms with van der Waals surface area (Å²) >= 11 is 0. The van der Waals surface area contributed by atoms with Gasteiger partial charge in [-0.05, 0) is 6.42 Å². The summed E-state index contributed by atoms with van der Waals surface area (Å²) in [6.45, 7) is 1.80. The quantitative estimate of drug-likeness (QED) is 0.331. The van der Waals surface area contributed by atoms with Crippen molar-refractivity contribution in [2.24, 2.45) is 5.16 Å². The van der Waals surface area contributed by atoms with E-state index in [1.165, 1.54) is 14.2 Å². The summed E-state index contributed by atoms with van der Waals surface area (Å²) in [6, 6.07) is 0. The molecule has 4 heteroatoms. The smallest absolute Gasteiger partial charge is 0.355 e. The molecule has 0 aromatic carbocycles. The molecular weight excluding hydrogens is 134 g/mol. The number of carbonyl (C=O) groups excluding carboxylic acids is 1. The summed E-state index contributed by atoms with van der Waals surface area (Å²) in [5.41, 5.74) is 0.296. The third-order valence-electron chi connectivity index (χ3n) is 0.957. The van der Waals surface area contributed by atoms with Crippen LogP contribution in [0.2, 0.25) is 0 Å². The number of hydrogen-bond acceptors (Lipinski definition) is 4. The van der Waals surface area contributed by atoms with E-state index in [1.54, 1.807) is 6.92 Å². The molecule has 0 bridgehead atoms. The van der Waals surface area contributed by atoms with E-state index in [9.17, 15) is 4.79 Å². The molecule has 0 saturated carbocycles. The van der Waals surface area contributed by atoms with Crippen LogP contribution >= 0.6 is 0 Å². The zero-order valence-electron chi connectivity index (χ0n) is 6.38. The van der Waals surface area contributed by atoms with Gasteiger partial charge in [-0.1, -0.05) is 12.1 Å². The van der Waals surface area contributed by atoms with Crippen LogP contribution in [0.4, 0.5) is 0 Å². The minimum absolute atomic E-state index is 0.296. The van der Waals surface area contributed by atoms with Crippen LogP contribution in [0, 0.1) is 0 Å². The molecule has 0 rings (SSSR count). The molecule has 0 amide bonds. The first kappa shape index (κ1) is 8.94. The second-order valence-electron chi connectivity index (χ2n) is 1.57. The monoisotopic (exact) mass is 145 g/mol. The Balaban J connectivity index is 4.06. The minimum atomic E-state index is -0.440. The number of hydrogen-bond donors (Lipinski definition) is 0. The van der Waals surface area contributed by atoms with Crippen LogP contribution in [0.5, 0.6) is 0 Å². The molecular formula is C6H11NO3. The molecule has 10 heavy (non-hydrogen) atoms. The first-order chi connectivity index (χ1) is 4.76. The molecule has 0 spiro atoms. The Morgan fingerprint density at radius 2 is 2.10 bits per heavy atom. The number of rotatable bonds is 3. The molecule has 0 saturated heterocycles. The Hall–Kier alpha value is -1.06. The topological polar surface area (TPSA) is 47.9 Å². The van der Waals surface area contributed by atoms with Crippen molar-refractivity contribution in [1.82, 2.24) is 0 Å². The molecule has 0 unspecified atom stereocenters. The van der Waals surface area contributed by atoms with Crippen molar-refractivity contribution in [3.8, 4) is 0 Å². The van der Waals surface area contributed by atoms with Crippen molar-refractivity contribution in [1.29, 1.82) is 0 Å². The first-order valence-electron chi connectivity index (χ1n) is 2.94. The van der Waals surface area contributed by atoms with Gasteiger partial charge in [0.2, 0.25) is 0 Å². The van der Waals surface area contributed by atoms with Gasteiger partial charge in [0.1, 0.15) is 7.11 Å². The van der Waals surface area contributed by atoms with Crippen LogP contribution in [-0.4, -0.2) is 25.9 Å². The maximum Gasteiger partial charge on any atom is 0.355 e. The second-order valence-corrected chi connectivity index (χ2v) is 1.57. The lowest BCUT2D eigenvalue weighted by Crippen LogP contribution is -2.14.